The van der Waals surface area contributed by atoms with Gasteiger partial charge >= 0.3 is 0 Å². The van der Waals surface area contributed by atoms with Gasteiger partial charge in [0.2, 0.25) is 0 Å². The third kappa shape index (κ3) is 2.05. The van der Waals surface area contributed by atoms with Crippen molar-refractivity contribution in [3.8, 4) is 0 Å². The van der Waals surface area contributed by atoms with E-state index in [1.165, 1.54) is 12.0 Å². The van der Waals surface area contributed by atoms with Gasteiger partial charge < -0.3 is 4.74 Å². The molecule has 1 atom stereocenters. The Kier molecular flexibility index (Phi) is 2.36. The summed E-state index contributed by atoms with van der Waals surface area (Å²) in [5, 5.41) is 0. The first kappa shape index (κ1) is 7.64. The smallest absolute Gasteiger partial charge is 0.102 e. The van der Waals surface area contributed by atoms with Crippen LogP contribution in [0.2, 0.25) is 0 Å². The normalized spacial score (nSPS) is 24.8. The average Bonchev–Trinajstić information content (AvgIpc) is 2.13. The molecule has 0 aromatic rings. The molecular weight excluding hydrogens is 124 g/mol. The van der Waals surface area contributed by atoms with Crippen molar-refractivity contribution in [2.45, 2.75) is 39.7 Å². The van der Waals surface area contributed by atoms with Gasteiger partial charge in [0.15, 0.2) is 0 Å². The quantitative estimate of drug-likeness (QED) is 0.573. The van der Waals surface area contributed by atoms with Crippen molar-refractivity contribution in [3.05, 3.63) is 11.8 Å². The monoisotopic (exact) mass is 140 g/mol. The van der Waals surface area contributed by atoms with E-state index < -0.39 is 0 Å². The Labute approximate surface area is 63.1 Å². The van der Waals surface area contributed by atoms with Gasteiger partial charge in [0.05, 0.1) is 6.26 Å². The van der Waals surface area contributed by atoms with Crippen LogP contribution in [0.1, 0.15) is 33.6 Å². The van der Waals surface area contributed by atoms with Gasteiger partial charge in [-0.05, 0) is 24.8 Å². The molecule has 58 valence electrons. The molecule has 0 bridgehead atoms. The summed E-state index contributed by atoms with van der Waals surface area (Å²) in [5.74, 6) is 0.754. The second-order valence-corrected chi connectivity index (χ2v) is 3.56. The molecule has 0 aromatic carbocycles. The highest BCUT2D eigenvalue weighted by molar-refractivity contribution is 5.01. The van der Waals surface area contributed by atoms with E-state index >= 15 is 0 Å². The number of rotatable bonds is 2. The van der Waals surface area contributed by atoms with Gasteiger partial charge in [0.25, 0.3) is 0 Å². The third-order valence-electron chi connectivity index (χ3n) is 1.75. The molecule has 1 aliphatic heterocycles. The molecule has 1 aliphatic rings. The molecule has 10 heavy (non-hydrogen) atoms. The highest BCUT2D eigenvalue weighted by atomic mass is 16.5. The molecule has 0 N–H and O–H groups in total. The fraction of sp³-hybridized carbons (Fsp3) is 0.778. The molecule has 1 rings (SSSR count). The minimum absolute atomic E-state index is 0.472. The van der Waals surface area contributed by atoms with Crippen LogP contribution in [0.5, 0.6) is 0 Å². The molecule has 0 spiro atoms. The van der Waals surface area contributed by atoms with E-state index in [2.05, 4.69) is 20.8 Å². The van der Waals surface area contributed by atoms with E-state index in [0.29, 0.717) is 6.10 Å². The lowest BCUT2D eigenvalue weighted by Crippen LogP contribution is -2.08. The maximum absolute atomic E-state index is 5.41. The van der Waals surface area contributed by atoms with Crippen molar-refractivity contribution in [1.82, 2.24) is 0 Å². The maximum Gasteiger partial charge on any atom is 0.102 e. The summed E-state index contributed by atoms with van der Waals surface area (Å²) < 4.78 is 5.41. The second kappa shape index (κ2) is 3.09. The number of ether oxygens (including phenoxy) is 1. The van der Waals surface area contributed by atoms with Crippen LogP contribution in [0.25, 0.3) is 0 Å². The summed E-state index contributed by atoms with van der Waals surface area (Å²) in [6.07, 6.45) is 4.69. The standard InChI is InChI=1S/C9H16O/c1-7(2)4-9-5-8(3)6-10-9/h6-7,9H,4-5H2,1-3H3. The molecule has 0 fully saturated rings. The van der Waals surface area contributed by atoms with Crippen molar-refractivity contribution >= 4 is 0 Å². The fourth-order valence-corrected chi connectivity index (χ4v) is 1.33. The van der Waals surface area contributed by atoms with Crippen LogP contribution in [0.15, 0.2) is 11.8 Å². The van der Waals surface area contributed by atoms with Crippen LogP contribution in [-0.2, 0) is 4.74 Å². The minimum Gasteiger partial charge on any atom is -0.498 e. The van der Waals surface area contributed by atoms with Gasteiger partial charge in [-0.3, -0.25) is 0 Å². The molecule has 1 heterocycles. The van der Waals surface area contributed by atoms with Gasteiger partial charge in [-0.2, -0.15) is 0 Å². The Morgan fingerprint density at radius 2 is 2.40 bits per heavy atom. The lowest BCUT2D eigenvalue weighted by atomic mass is 10.0. The summed E-state index contributed by atoms with van der Waals surface area (Å²) in [4.78, 5) is 0. The second-order valence-electron chi connectivity index (χ2n) is 3.56. The first-order chi connectivity index (χ1) is 4.68. The van der Waals surface area contributed by atoms with Crippen molar-refractivity contribution in [2.75, 3.05) is 0 Å². The summed E-state index contributed by atoms with van der Waals surface area (Å²) in [6, 6.07) is 0. The molecule has 0 saturated heterocycles. The number of hydrogen-bond acceptors (Lipinski definition) is 1. The Balaban J connectivity index is 2.23. The van der Waals surface area contributed by atoms with E-state index in [9.17, 15) is 0 Å². The van der Waals surface area contributed by atoms with Crippen molar-refractivity contribution in [1.29, 1.82) is 0 Å². The first-order valence-corrected chi connectivity index (χ1v) is 3.99. The van der Waals surface area contributed by atoms with Crippen molar-refractivity contribution in [2.24, 2.45) is 5.92 Å². The maximum atomic E-state index is 5.41. The lowest BCUT2D eigenvalue weighted by Gasteiger charge is -2.11. The van der Waals surface area contributed by atoms with Crippen LogP contribution in [0.3, 0.4) is 0 Å². The van der Waals surface area contributed by atoms with E-state index in [-0.39, 0.29) is 0 Å². The molecule has 0 aromatic heterocycles. The highest BCUT2D eigenvalue weighted by Crippen LogP contribution is 2.22. The number of hydrogen-bond donors (Lipinski definition) is 0. The molecule has 1 heteroatoms. The van der Waals surface area contributed by atoms with E-state index in [4.69, 9.17) is 4.74 Å². The summed E-state index contributed by atoms with van der Waals surface area (Å²) >= 11 is 0. The summed E-state index contributed by atoms with van der Waals surface area (Å²) in [7, 11) is 0. The Morgan fingerprint density at radius 3 is 2.80 bits per heavy atom. The zero-order valence-corrected chi connectivity index (χ0v) is 7.05. The van der Waals surface area contributed by atoms with E-state index in [1.54, 1.807) is 0 Å². The van der Waals surface area contributed by atoms with Gasteiger partial charge in [-0.1, -0.05) is 13.8 Å². The summed E-state index contributed by atoms with van der Waals surface area (Å²) in [5.41, 5.74) is 1.38. The molecule has 0 saturated carbocycles. The predicted octanol–water partition coefficient (Wildman–Crippen LogP) is 2.73. The Morgan fingerprint density at radius 1 is 1.70 bits per heavy atom. The van der Waals surface area contributed by atoms with E-state index in [0.717, 1.165) is 12.3 Å². The highest BCUT2D eigenvalue weighted by Gasteiger charge is 2.16. The van der Waals surface area contributed by atoms with Crippen LogP contribution in [0, 0.1) is 5.92 Å². The zero-order valence-electron chi connectivity index (χ0n) is 7.05. The van der Waals surface area contributed by atoms with Gasteiger partial charge in [0.1, 0.15) is 6.10 Å². The molecule has 0 radical (unpaired) electrons. The molecule has 0 aliphatic carbocycles. The van der Waals surface area contributed by atoms with Crippen LogP contribution < -0.4 is 0 Å². The van der Waals surface area contributed by atoms with Gasteiger partial charge in [-0.15, -0.1) is 0 Å². The Bertz CT molecular complexity index is 136. The zero-order chi connectivity index (χ0) is 7.56. The van der Waals surface area contributed by atoms with Crippen molar-refractivity contribution in [3.63, 3.8) is 0 Å². The SMILES string of the molecule is CC1=COC(CC(C)C)C1. The Hall–Kier alpha value is -0.460. The third-order valence-corrected chi connectivity index (χ3v) is 1.75. The molecular formula is C9H16O. The average molecular weight is 140 g/mol. The minimum atomic E-state index is 0.472. The topological polar surface area (TPSA) is 9.23 Å². The predicted molar refractivity (Wildman–Crippen MR) is 42.7 cm³/mol. The van der Waals surface area contributed by atoms with E-state index in [1.807, 2.05) is 6.26 Å². The fourth-order valence-electron chi connectivity index (χ4n) is 1.33. The molecule has 0 amide bonds. The molecule has 1 unspecified atom stereocenters. The van der Waals surface area contributed by atoms with Gasteiger partial charge in [-0.25, -0.2) is 0 Å². The largest absolute Gasteiger partial charge is 0.498 e. The van der Waals surface area contributed by atoms with Crippen LogP contribution in [0.4, 0.5) is 0 Å². The van der Waals surface area contributed by atoms with Crippen LogP contribution in [-0.4, -0.2) is 6.10 Å². The summed E-state index contributed by atoms with van der Waals surface area (Å²) in [6.45, 7) is 6.59. The lowest BCUT2D eigenvalue weighted by molar-refractivity contribution is 0.146. The first-order valence-electron chi connectivity index (χ1n) is 3.99. The van der Waals surface area contributed by atoms with Crippen LogP contribution >= 0.6 is 0 Å². The van der Waals surface area contributed by atoms with Crippen molar-refractivity contribution < 1.29 is 4.74 Å². The van der Waals surface area contributed by atoms with Gasteiger partial charge in [0, 0.05) is 6.42 Å². The molecule has 1 nitrogen and oxygen atoms in total.